The summed E-state index contributed by atoms with van der Waals surface area (Å²) in [4.78, 5) is 9.43. The molecule has 0 bridgehead atoms. The van der Waals surface area contributed by atoms with E-state index in [2.05, 4.69) is 52.8 Å². The van der Waals surface area contributed by atoms with Crippen LogP contribution in [0.1, 0.15) is 19.8 Å². The Kier molecular flexibility index (Phi) is 5.30. The van der Waals surface area contributed by atoms with Crippen molar-refractivity contribution in [3.05, 3.63) is 72.4 Å². The number of ether oxygens (including phenoxy) is 1. The molecule has 7 atom stereocenters. The summed E-state index contributed by atoms with van der Waals surface area (Å²) in [6, 6.07) is 0.399. The van der Waals surface area contributed by atoms with Crippen molar-refractivity contribution in [2.75, 3.05) is 6.61 Å². The van der Waals surface area contributed by atoms with Crippen molar-refractivity contribution in [3.63, 3.8) is 0 Å². The lowest BCUT2D eigenvalue weighted by Crippen LogP contribution is -2.49. The van der Waals surface area contributed by atoms with Crippen LogP contribution in [0, 0.1) is 29.6 Å². The van der Waals surface area contributed by atoms with Crippen molar-refractivity contribution in [1.29, 1.82) is 0 Å². The molecule has 5 rings (SSSR count). The maximum Gasteiger partial charge on any atom is 0.315 e. The van der Waals surface area contributed by atoms with Crippen molar-refractivity contribution in [2.45, 2.75) is 32.0 Å². The monoisotopic (exact) mass is 403 g/mol. The number of rotatable bonds is 3. The standard InChI is InChI=1S/C25H29N3O2/c1-2-30-25-27-23(20-13-7-8-14-22(20)29)26-24(28-25)21-15-16-9-3-4-10-17(16)18-11-5-6-12-19(18)21/h3-5,7-11,13-20,22,24,29H,2,6,12H2,1H3,(H,26,27,28). The average molecular weight is 404 g/mol. The highest BCUT2D eigenvalue weighted by Gasteiger charge is 2.41. The Morgan fingerprint density at radius 3 is 2.77 bits per heavy atom. The molecule has 0 aromatic heterocycles. The summed E-state index contributed by atoms with van der Waals surface area (Å²) in [5.41, 5.74) is 1.32. The lowest BCUT2D eigenvalue weighted by Gasteiger charge is -2.44. The Labute approximate surface area is 178 Å². The van der Waals surface area contributed by atoms with E-state index in [0.29, 0.717) is 36.3 Å². The first-order chi connectivity index (χ1) is 14.7. The van der Waals surface area contributed by atoms with Gasteiger partial charge in [-0.15, -0.1) is 0 Å². The van der Waals surface area contributed by atoms with Gasteiger partial charge in [-0.1, -0.05) is 66.8 Å². The number of allylic oxidation sites excluding steroid dienone is 9. The molecule has 156 valence electrons. The molecule has 1 heterocycles. The molecule has 0 spiro atoms. The summed E-state index contributed by atoms with van der Waals surface area (Å²) in [6.45, 7) is 2.45. The van der Waals surface area contributed by atoms with E-state index in [1.165, 1.54) is 5.57 Å². The van der Waals surface area contributed by atoms with Gasteiger partial charge in [0, 0.05) is 5.92 Å². The molecule has 1 aliphatic heterocycles. The highest BCUT2D eigenvalue weighted by Crippen LogP contribution is 2.47. The molecule has 0 radical (unpaired) electrons. The lowest BCUT2D eigenvalue weighted by atomic mass is 9.62. The topological polar surface area (TPSA) is 66.2 Å². The van der Waals surface area contributed by atoms with Crippen LogP contribution in [0.5, 0.6) is 0 Å². The highest BCUT2D eigenvalue weighted by molar-refractivity contribution is 5.98. The van der Waals surface area contributed by atoms with Crippen LogP contribution in [0.4, 0.5) is 0 Å². The molecule has 0 fully saturated rings. The zero-order valence-corrected chi connectivity index (χ0v) is 17.3. The first kappa shape index (κ1) is 19.3. The summed E-state index contributed by atoms with van der Waals surface area (Å²) in [7, 11) is 0. The molecule has 0 saturated heterocycles. The van der Waals surface area contributed by atoms with E-state index >= 15 is 0 Å². The number of fused-ring (bicyclic) bond motifs is 3. The summed E-state index contributed by atoms with van der Waals surface area (Å²) >= 11 is 0. The molecule has 0 aromatic carbocycles. The third kappa shape index (κ3) is 3.52. The van der Waals surface area contributed by atoms with Crippen molar-refractivity contribution < 1.29 is 9.84 Å². The smallest absolute Gasteiger partial charge is 0.315 e. The number of aliphatic hydroxyl groups is 1. The number of aliphatic imine (C=N–C) groups is 2. The molecular formula is C25H29N3O2. The predicted octanol–water partition coefficient (Wildman–Crippen LogP) is 3.69. The minimum atomic E-state index is -0.607. The van der Waals surface area contributed by atoms with Crippen LogP contribution in [-0.2, 0) is 4.74 Å². The zero-order chi connectivity index (χ0) is 20.5. The van der Waals surface area contributed by atoms with Crippen molar-refractivity contribution in [2.24, 2.45) is 39.6 Å². The second kappa shape index (κ2) is 8.23. The van der Waals surface area contributed by atoms with Crippen LogP contribution < -0.4 is 5.32 Å². The summed E-state index contributed by atoms with van der Waals surface area (Å²) in [6.07, 6.45) is 25.1. The minimum Gasteiger partial charge on any atom is -0.464 e. The molecule has 0 saturated carbocycles. The second-order valence-electron chi connectivity index (χ2n) is 8.46. The Morgan fingerprint density at radius 2 is 1.90 bits per heavy atom. The SMILES string of the molecule is CCOC1=NC(C2=CC3C=CC=CC3C3C=CCCC23)NC(C2C=CC=CC2O)=N1. The number of nitrogens with zero attached hydrogens (tertiary/aromatic N) is 2. The number of nitrogens with one attached hydrogen (secondary N) is 1. The van der Waals surface area contributed by atoms with Crippen LogP contribution >= 0.6 is 0 Å². The molecule has 4 aliphatic carbocycles. The zero-order valence-electron chi connectivity index (χ0n) is 17.3. The van der Waals surface area contributed by atoms with E-state index < -0.39 is 6.10 Å². The summed E-state index contributed by atoms with van der Waals surface area (Å²) in [5.74, 6) is 2.33. The molecular weight excluding hydrogens is 374 g/mol. The van der Waals surface area contributed by atoms with Crippen LogP contribution in [0.15, 0.2) is 82.4 Å². The Balaban J connectivity index is 1.50. The fraction of sp³-hybridized carbons (Fsp3) is 0.440. The number of aliphatic hydroxyl groups excluding tert-OH is 1. The van der Waals surface area contributed by atoms with E-state index in [9.17, 15) is 5.11 Å². The van der Waals surface area contributed by atoms with Gasteiger partial charge in [-0.25, -0.2) is 4.99 Å². The molecule has 5 aliphatic rings. The van der Waals surface area contributed by atoms with Gasteiger partial charge in [0.15, 0.2) is 0 Å². The molecule has 2 N–H and O–H groups in total. The molecule has 30 heavy (non-hydrogen) atoms. The van der Waals surface area contributed by atoms with Crippen molar-refractivity contribution in [3.8, 4) is 0 Å². The van der Waals surface area contributed by atoms with Gasteiger partial charge in [0.2, 0.25) is 0 Å². The molecule has 0 amide bonds. The van der Waals surface area contributed by atoms with Gasteiger partial charge in [-0.3, -0.25) is 0 Å². The predicted molar refractivity (Wildman–Crippen MR) is 120 cm³/mol. The molecule has 7 unspecified atom stereocenters. The maximum absolute atomic E-state index is 10.5. The molecule has 5 nitrogen and oxygen atoms in total. The number of hydrogen-bond donors (Lipinski definition) is 2. The highest BCUT2D eigenvalue weighted by atomic mass is 16.5. The summed E-state index contributed by atoms with van der Waals surface area (Å²) in [5, 5.41) is 14.0. The Bertz CT molecular complexity index is 921. The first-order valence-electron chi connectivity index (χ1n) is 11.1. The van der Waals surface area contributed by atoms with Crippen LogP contribution in [0.25, 0.3) is 0 Å². The first-order valence-corrected chi connectivity index (χ1v) is 11.1. The van der Waals surface area contributed by atoms with E-state index in [1.54, 1.807) is 6.08 Å². The van der Waals surface area contributed by atoms with Crippen molar-refractivity contribution in [1.82, 2.24) is 5.32 Å². The number of amidine groups is 2. The van der Waals surface area contributed by atoms with Gasteiger partial charge in [-0.2, -0.15) is 4.99 Å². The number of hydrogen-bond acceptors (Lipinski definition) is 5. The van der Waals surface area contributed by atoms with E-state index in [1.807, 2.05) is 25.2 Å². The lowest BCUT2D eigenvalue weighted by molar-refractivity contribution is 0.200. The molecule has 0 aromatic rings. The van der Waals surface area contributed by atoms with Gasteiger partial charge >= 0.3 is 6.02 Å². The van der Waals surface area contributed by atoms with Gasteiger partial charge < -0.3 is 15.2 Å². The maximum atomic E-state index is 10.5. The van der Waals surface area contributed by atoms with Crippen molar-refractivity contribution >= 4 is 11.9 Å². The largest absolute Gasteiger partial charge is 0.464 e. The van der Waals surface area contributed by atoms with E-state index in [4.69, 9.17) is 9.73 Å². The van der Waals surface area contributed by atoms with Crippen LogP contribution in [0.2, 0.25) is 0 Å². The van der Waals surface area contributed by atoms with E-state index in [0.717, 1.165) is 18.7 Å². The summed E-state index contributed by atoms with van der Waals surface area (Å²) < 4.78 is 5.74. The van der Waals surface area contributed by atoms with Gasteiger partial charge in [-0.05, 0) is 43.1 Å². The third-order valence-corrected chi connectivity index (χ3v) is 6.70. The van der Waals surface area contributed by atoms with E-state index in [-0.39, 0.29) is 12.1 Å². The van der Waals surface area contributed by atoms with Crippen LogP contribution in [-0.4, -0.2) is 35.8 Å². The Hall–Kier alpha value is -2.66. The fourth-order valence-electron chi connectivity index (χ4n) is 5.30. The normalized spacial score (nSPS) is 38.7. The Morgan fingerprint density at radius 1 is 1.07 bits per heavy atom. The second-order valence-corrected chi connectivity index (χ2v) is 8.46. The van der Waals surface area contributed by atoms with Crippen LogP contribution in [0.3, 0.4) is 0 Å². The quantitative estimate of drug-likeness (QED) is 0.707. The minimum absolute atomic E-state index is 0.218. The van der Waals surface area contributed by atoms with Gasteiger partial charge in [0.05, 0.1) is 18.6 Å². The fourth-order valence-corrected chi connectivity index (χ4v) is 5.30. The average Bonchev–Trinajstić information content (AvgIpc) is 2.79. The molecule has 5 heteroatoms. The van der Waals surface area contributed by atoms with Gasteiger partial charge in [0.1, 0.15) is 12.0 Å². The third-order valence-electron chi connectivity index (χ3n) is 6.70. The van der Waals surface area contributed by atoms with Gasteiger partial charge in [0.25, 0.3) is 0 Å².